The maximum absolute atomic E-state index is 11.9. The van der Waals surface area contributed by atoms with E-state index in [1.165, 1.54) is 22.5 Å². The zero-order valence-electron chi connectivity index (χ0n) is 13.4. The molecule has 0 amide bonds. The number of aromatic nitrogens is 1. The number of carbonyl (C=O) groups is 1. The van der Waals surface area contributed by atoms with E-state index in [9.17, 15) is 4.79 Å². The molecule has 0 radical (unpaired) electrons. The van der Waals surface area contributed by atoms with Gasteiger partial charge in [-0.15, -0.1) is 11.3 Å². The van der Waals surface area contributed by atoms with Gasteiger partial charge in [0, 0.05) is 16.5 Å². The molecule has 2 aromatic carbocycles. The average molecular weight is 336 g/mol. The summed E-state index contributed by atoms with van der Waals surface area (Å²) in [5, 5.41) is 5.95. The summed E-state index contributed by atoms with van der Waals surface area (Å²) >= 11 is 1.50. The maximum atomic E-state index is 11.9. The lowest BCUT2D eigenvalue weighted by molar-refractivity contribution is 0.0437. The van der Waals surface area contributed by atoms with Gasteiger partial charge in [0.25, 0.3) is 0 Å². The highest BCUT2D eigenvalue weighted by molar-refractivity contribution is 7.14. The van der Waals surface area contributed by atoms with Crippen LogP contribution in [0.5, 0.6) is 0 Å². The molecular formula is C19H16N2O2S. The van der Waals surface area contributed by atoms with E-state index >= 15 is 0 Å². The minimum Gasteiger partial charge on any atom is -0.434 e. The number of hydrogen-bond donors (Lipinski definition) is 1. The fraction of sp³-hybridized carbons (Fsp3) is 0.158. The van der Waals surface area contributed by atoms with E-state index in [0.717, 1.165) is 22.0 Å². The number of thiazole rings is 1. The van der Waals surface area contributed by atoms with E-state index in [1.54, 1.807) is 6.07 Å². The quantitative estimate of drug-likeness (QED) is 0.704. The summed E-state index contributed by atoms with van der Waals surface area (Å²) in [5.74, 6) is -0.297. The maximum Gasteiger partial charge on any atom is 0.340 e. The number of anilines is 1. The number of ether oxygens (including phenoxy) is 1. The Kier molecular flexibility index (Phi) is 3.58. The van der Waals surface area contributed by atoms with Crippen molar-refractivity contribution in [2.24, 2.45) is 0 Å². The molecule has 4 rings (SSSR count). The van der Waals surface area contributed by atoms with Gasteiger partial charge in [0.15, 0.2) is 5.13 Å². The van der Waals surface area contributed by atoms with Crippen molar-refractivity contribution in [3.8, 4) is 11.3 Å². The van der Waals surface area contributed by atoms with Crippen LogP contribution in [0.3, 0.4) is 0 Å². The second-order valence-electron chi connectivity index (χ2n) is 5.85. The molecule has 0 fully saturated rings. The van der Waals surface area contributed by atoms with Gasteiger partial charge < -0.3 is 10.1 Å². The Morgan fingerprint density at radius 2 is 1.96 bits per heavy atom. The summed E-state index contributed by atoms with van der Waals surface area (Å²) in [5.41, 5.74) is 5.98. The fourth-order valence-electron chi connectivity index (χ4n) is 2.74. The van der Waals surface area contributed by atoms with Gasteiger partial charge in [-0.05, 0) is 37.1 Å². The largest absolute Gasteiger partial charge is 0.434 e. The topological polar surface area (TPSA) is 51.2 Å². The number of aryl methyl sites for hydroxylation is 2. The van der Waals surface area contributed by atoms with E-state index in [2.05, 4.69) is 42.3 Å². The van der Waals surface area contributed by atoms with E-state index in [4.69, 9.17) is 4.74 Å². The molecule has 5 heteroatoms. The van der Waals surface area contributed by atoms with Crippen LogP contribution in [-0.4, -0.2) is 11.0 Å². The third kappa shape index (κ3) is 2.57. The molecule has 1 aliphatic rings. The van der Waals surface area contributed by atoms with Crippen LogP contribution in [0.25, 0.3) is 11.3 Å². The molecule has 1 atom stereocenters. The third-order valence-electron chi connectivity index (χ3n) is 4.25. The van der Waals surface area contributed by atoms with Crippen molar-refractivity contribution in [3.63, 3.8) is 0 Å². The van der Waals surface area contributed by atoms with Gasteiger partial charge in [-0.1, -0.05) is 30.3 Å². The molecule has 0 aliphatic carbocycles. The molecular weight excluding hydrogens is 320 g/mol. The minimum absolute atomic E-state index is 0.297. The van der Waals surface area contributed by atoms with Crippen molar-refractivity contribution < 1.29 is 9.53 Å². The van der Waals surface area contributed by atoms with Crippen LogP contribution >= 0.6 is 11.3 Å². The minimum atomic E-state index is -0.479. The summed E-state index contributed by atoms with van der Waals surface area (Å²) in [6, 6.07) is 13.7. The Hall–Kier alpha value is -2.66. The Morgan fingerprint density at radius 1 is 1.12 bits per heavy atom. The highest BCUT2D eigenvalue weighted by Crippen LogP contribution is 2.33. The molecule has 0 saturated heterocycles. The predicted molar refractivity (Wildman–Crippen MR) is 95.2 cm³/mol. The number of nitrogens with zero attached hydrogens (tertiary/aromatic N) is 1. The van der Waals surface area contributed by atoms with Crippen molar-refractivity contribution in [2.75, 3.05) is 5.32 Å². The van der Waals surface area contributed by atoms with Crippen molar-refractivity contribution in [1.29, 1.82) is 0 Å². The first-order valence-electron chi connectivity index (χ1n) is 7.71. The summed E-state index contributed by atoms with van der Waals surface area (Å²) in [6.07, 6.45) is -0.479. The molecule has 3 aromatic rings. The van der Waals surface area contributed by atoms with E-state index < -0.39 is 6.23 Å². The SMILES string of the molecule is Cc1ccc(-c2csc(N[C@@H]3OC(=O)c4ccccc43)n2)cc1C. The normalized spacial score (nSPS) is 15.9. The molecule has 1 aliphatic heterocycles. The van der Waals surface area contributed by atoms with Crippen molar-refractivity contribution in [2.45, 2.75) is 20.1 Å². The Balaban J connectivity index is 1.58. The van der Waals surface area contributed by atoms with Crippen LogP contribution in [0.1, 0.15) is 33.3 Å². The van der Waals surface area contributed by atoms with Crippen LogP contribution in [0.2, 0.25) is 0 Å². The summed E-state index contributed by atoms with van der Waals surface area (Å²) < 4.78 is 5.40. The van der Waals surface area contributed by atoms with Crippen molar-refractivity contribution >= 4 is 22.4 Å². The van der Waals surface area contributed by atoms with Crippen LogP contribution in [0.15, 0.2) is 47.8 Å². The summed E-state index contributed by atoms with van der Waals surface area (Å²) in [7, 11) is 0. The van der Waals surface area contributed by atoms with Gasteiger partial charge in [-0.2, -0.15) is 0 Å². The lowest BCUT2D eigenvalue weighted by Gasteiger charge is -2.11. The zero-order chi connectivity index (χ0) is 16.7. The predicted octanol–water partition coefficient (Wildman–Crippen LogP) is 4.71. The van der Waals surface area contributed by atoms with Crippen molar-refractivity contribution in [3.05, 3.63) is 70.1 Å². The zero-order valence-corrected chi connectivity index (χ0v) is 14.2. The number of esters is 1. The third-order valence-corrected chi connectivity index (χ3v) is 5.02. The molecule has 1 aromatic heterocycles. The molecule has 0 bridgehead atoms. The first-order valence-corrected chi connectivity index (χ1v) is 8.59. The monoisotopic (exact) mass is 336 g/mol. The number of fused-ring (bicyclic) bond motifs is 1. The van der Waals surface area contributed by atoms with Crippen molar-refractivity contribution in [1.82, 2.24) is 4.98 Å². The fourth-order valence-corrected chi connectivity index (χ4v) is 3.48. The molecule has 0 unspecified atom stereocenters. The molecule has 120 valence electrons. The van der Waals surface area contributed by atoms with Gasteiger partial charge in [-0.25, -0.2) is 9.78 Å². The number of cyclic esters (lactones) is 1. The van der Waals surface area contributed by atoms with Crippen LogP contribution < -0.4 is 5.32 Å². The Bertz CT molecular complexity index is 933. The summed E-state index contributed by atoms with van der Waals surface area (Å²) in [4.78, 5) is 16.5. The van der Waals surface area contributed by atoms with Gasteiger partial charge in [0.05, 0.1) is 11.3 Å². The summed E-state index contributed by atoms with van der Waals surface area (Å²) in [6.45, 7) is 4.19. The number of benzene rings is 2. The van der Waals surface area contributed by atoms with Gasteiger partial charge in [-0.3, -0.25) is 0 Å². The van der Waals surface area contributed by atoms with Gasteiger partial charge in [0.2, 0.25) is 6.23 Å². The van der Waals surface area contributed by atoms with E-state index in [1.807, 2.05) is 23.6 Å². The molecule has 1 N–H and O–H groups in total. The van der Waals surface area contributed by atoms with Gasteiger partial charge in [0.1, 0.15) is 0 Å². The van der Waals surface area contributed by atoms with Crippen LogP contribution in [0.4, 0.5) is 5.13 Å². The average Bonchev–Trinajstić information content (AvgIpc) is 3.17. The molecule has 2 heterocycles. The second-order valence-corrected chi connectivity index (χ2v) is 6.71. The van der Waals surface area contributed by atoms with E-state index in [-0.39, 0.29) is 5.97 Å². The smallest absolute Gasteiger partial charge is 0.340 e. The number of nitrogens with one attached hydrogen (secondary N) is 1. The van der Waals surface area contributed by atoms with E-state index in [0.29, 0.717) is 5.56 Å². The lowest BCUT2D eigenvalue weighted by atomic mass is 10.1. The Labute approximate surface area is 144 Å². The second kappa shape index (κ2) is 5.76. The van der Waals surface area contributed by atoms with Crippen LogP contribution in [0, 0.1) is 13.8 Å². The number of carbonyl (C=O) groups excluding carboxylic acids is 1. The molecule has 24 heavy (non-hydrogen) atoms. The van der Waals surface area contributed by atoms with Crippen LogP contribution in [-0.2, 0) is 4.74 Å². The first kappa shape index (κ1) is 14.9. The number of hydrogen-bond acceptors (Lipinski definition) is 5. The molecule has 0 spiro atoms. The molecule has 0 saturated carbocycles. The first-order chi connectivity index (χ1) is 11.6. The highest BCUT2D eigenvalue weighted by Gasteiger charge is 2.30. The standard InChI is InChI=1S/C19H16N2O2S/c1-11-7-8-13(9-12(11)2)16-10-24-19(20-16)21-17-14-5-3-4-6-15(14)18(22)23-17/h3-10,17H,1-2H3,(H,20,21)/t17-/m1/s1. The number of rotatable bonds is 3. The molecule has 4 nitrogen and oxygen atoms in total. The van der Waals surface area contributed by atoms with Gasteiger partial charge >= 0.3 is 5.97 Å². The Morgan fingerprint density at radius 3 is 2.79 bits per heavy atom. The lowest BCUT2D eigenvalue weighted by Crippen LogP contribution is -2.09. The highest BCUT2D eigenvalue weighted by atomic mass is 32.1.